The molecule has 1 aliphatic heterocycles. The van der Waals surface area contributed by atoms with E-state index in [9.17, 15) is 19.8 Å². The molecule has 4 aromatic carbocycles. The Bertz CT molecular complexity index is 1460. The van der Waals surface area contributed by atoms with Crippen LogP contribution in [0.3, 0.4) is 0 Å². The second-order valence-electron chi connectivity index (χ2n) is 7.99. The quantitative estimate of drug-likeness (QED) is 0.254. The third-order valence-electron chi connectivity index (χ3n) is 6.04. The van der Waals surface area contributed by atoms with Crippen LogP contribution in [-0.4, -0.2) is 29.0 Å². The lowest BCUT2D eigenvalue weighted by molar-refractivity contribution is -0.132. The molecule has 1 heterocycles. The number of Topliss-reactive ketones (excluding diaryl/α,β-unsaturated/α-hetero) is 1. The summed E-state index contributed by atoms with van der Waals surface area (Å²) in [6.45, 7) is 0. The van der Waals surface area contributed by atoms with Crippen molar-refractivity contribution in [1.29, 1.82) is 0 Å². The molecular formula is C28H21NO5. The number of carbonyl (C=O) groups is 2. The van der Waals surface area contributed by atoms with Gasteiger partial charge < -0.3 is 14.9 Å². The molecule has 1 saturated heterocycles. The Morgan fingerprint density at radius 2 is 1.53 bits per heavy atom. The molecule has 1 unspecified atom stereocenters. The van der Waals surface area contributed by atoms with Crippen molar-refractivity contribution in [2.24, 2.45) is 0 Å². The number of amides is 1. The summed E-state index contributed by atoms with van der Waals surface area (Å²) in [5.41, 5.74) is 1.15. The number of benzene rings is 4. The monoisotopic (exact) mass is 451 g/mol. The van der Waals surface area contributed by atoms with Gasteiger partial charge in [0.1, 0.15) is 17.3 Å². The first-order valence-corrected chi connectivity index (χ1v) is 10.7. The van der Waals surface area contributed by atoms with Crippen LogP contribution in [0.5, 0.6) is 11.5 Å². The second kappa shape index (κ2) is 8.41. The molecule has 0 saturated carbocycles. The van der Waals surface area contributed by atoms with Crippen molar-refractivity contribution >= 4 is 33.9 Å². The summed E-state index contributed by atoms with van der Waals surface area (Å²) >= 11 is 0. The largest absolute Gasteiger partial charge is 0.507 e. The predicted octanol–water partition coefficient (Wildman–Crippen LogP) is 5.18. The van der Waals surface area contributed by atoms with Crippen molar-refractivity contribution in [1.82, 2.24) is 0 Å². The zero-order chi connectivity index (χ0) is 23.8. The fourth-order valence-electron chi connectivity index (χ4n) is 4.34. The molecule has 0 aromatic heterocycles. The molecule has 0 radical (unpaired) electrons. The van der Waals surface area contributed by atoms with Gasteiger partial charge in [0, 0.05) is 5.56 Å². The van der Waals surface area contributed by atoms with Gasteiger partial charge >= 0.3 is 0 Å². The molecule has 168 valence electrons. The number of aromatic hydroxyl groups is 1. The van der Waals surface area contributed by atoms with E-state index in [1.165, 1.54) is 11.0 Å². The maximum atomic E-state index is 13.3. The maximum Gasteiger partial charge on any atom is 0.300 e. The van der Waals surface area contributed by atoms with E-state index in [2.05, 4.69) is 0 Å². The number of carbonyl (C=O) groups excluding carboxylic acids is 2. The number of fused-ring (bicyclic) bond motifs is 1. The molecule has 0 aliphatic carbocycles. The number of hydrogen-bond donors (Lipinski definition) is 2. The Morgan fingerprint density at radius 1 is 0.853 bits per heavy atom. The van der Waals surface area contributed by atoms with Crippen LogP contribution in [0.2, 0.25) is 0 Å². The number of anilines is 1. The van der Waals surface area contributed by atoms with E-state index in [4.69, 9.17) is 4.74 Å². The molecule has 0 spiro atoms. The van der Waals surface area contributed by atoms with E-state index < -0.39 is 17.7 Å². The maximum absolute atomic E-state index is 13.3. The molecule has 34 heavy (non-hydrogen) atoms. The minimum absolute atomic E-state index is 0.0475. The molecule has 6 nitrogen and oxygen atoms in total. The van der Waals surface area contributed by atoms with Crippen molar-refractivity contribution in [3.63, 3.8) is 0 Å². The van der Waals surface area contributed by atoms with Gasteiger partial charge in [0.2, 0.25) is 0 Å². The smallest absolute Gasteiger partial charge is 0.300 e. The zero-order valence-electron chi connectivity index (χ0n) is 18.3. The van der Waals surface area contributed by atoms with Gasteiger partial charge in [-0.25, -0.2) is 0 Å². The number of phenols is 1. The number of ether oxygens (including phenoxy) is 1. The third kappa shape index (κ3) is 3.46. The molecule has 0 bridgehead atoms. The Balaban J connectivity index is 1.73. The van der Waals surface area contributed by atoms with Gasteiger partial charge in [-0.05, 0) is 46.7 Å². The highest BCUT2D eigenvalue weighted by molar-refractivity contribution is 6.52. The van der Waals surface area contributed by atoms with Gasteiger partial charge in [-0.1, -0.05) is 60.7 Å². The Hall–Kier alpha value is -4.58. The lowest BCUT2D eigenvalue weighted by atomic mass is 9.94. The summed E-state index contributed by atoms with van der Waals surface area (Å²) in [5, 5.41) is 23.7. The Kier molecular flexibility index (Phi) is 5.26. The predicted molar refractivity (Wildman–Crippen MR) is 130 cm³/mol. The fraction of sp³-hybridized carbons (Fsp3) is 0.0714. The van der Waals surface area contributed by atoms with E-state index in [0.29, 0.717) is 16.9 Å². The van der Waals surface area contributed by atoms with Crippen LogP contribution in [0.15, 0.2) is 96.6 Å². The van der Waals surface area contributed by atoms with Crippen molar-refractivity contribution in [3.8, 4) is 11.5 Å². The lowest BCUT2D eigenvalue weighted by Crippen LogP contribution is -2.29. The summed E-state index contributed by atoms with van der Waals surface area (Å²) in [7, 11) is 1.54. The number of aliphatic hydroxyl groups excluding tert-OH is 1. The highest BCUT2D eigenvalue weighted by atomic mass is 16.5. The number of aliphatic hydroxyl groups is 1. The van der Waals surface area contributed by atoms with Crippen molar-refractivity contribution in [2.75, 3.05) is 12.0 Å². The second-order valence-corrected chi connectivity index (χ2v) is 7.99. The third-order valence-corrected chi connectivity index (χ3v) is 6.04. The number of nitrogens with zero attached hydrogens (tertiary/aromatic N) is 1. The molecule has 1 aliphatic rings. The highest BCUT2D eigenvalue weighted by Crippen LogP contribution is 2.45. The number of methoxy groups -OCH3 is 1. The average molecular weight is 451 g/mol. The molecule has 1 atom stereocenters. The number of rotatable bonds is 4. The van der Waals surface area contributed by atoms with E-state index in [0.717, 1.165) is 10.8 Å². The SMILES string of the molecule is COc1ccc(C2/C(=C(/O)c3ccc4ccccc4c3)C(=O)C(=O)N2c2ccccc2O)cc1. The average Bonchev–Trinajstić information content (AvgIpc) is 3.13. The van der Waals surface area contributed by atoms with Gasteiger partial charge in [-0.3, -0.25) is 14.5 Å². The number of ketones is 1. The van der Waals surface area contributed by atoms with Gasteiger partial charge in [0.05, 0.1) is 24.4 Å². The molecule has 1 amide bonds. The Morgan fingerprint density at radius 3 is 2.24 bits per heavy atom. The Labute approximate surface area is 196 Å². The molecular weight excluding hydrogens is 430 g/mol. The van der Waals surface area contributed by atoms with Crippen LogP contribution < -0.4 is 9.64 Å². The topological polar surface area (TPSA) is 87.1 Å². The number of phenolic OH excluding ortho intramolecular Hbond substituents is 1. The summed E-state index contributed by atoms with van der Waals surface area (Å²) in [6, 6.07) is 25.3. The molecule has 4 aromatic rings. The normalized spacial score (nSPS) is 17.3. The van der Waals surface area contributed by atoms with Gasteiger partial charge in [0.15, 0.2) is 0 Å². The molecule has 1 fully saturated rings. The summed E-state index contributed by atoms with van der Waals surface area (Å²) < 4.78 is 5.24. The van der Waals surface area contributed by atoms with Crippen LogP contribution >= 0.6 is 0 Å². The van der Waals surface area contributed by atoms with Crippen LogP contribution in [-0.2, 0) is 9.59 Å². The first-order chi connectivity index (χ1) is 16.5. The summed E-state index contributed by atoms with van der Waals surface area (Å²) in [4.78, 5) is 27.7. The van der Waals surface area contributed by atoms with E-state index in [-0.39, 0.29) is 22.8 Å². The fourth-order valence-corrected chi connectivity index (χ4v) is 4.34. The summed E-state index contributed by atoms with van der Waals surface area (Å²) in [5.74, 6) is -1.46. The first kappa shape index (κ1) is 21.3. The standard InChI is InChI=1S/C28H21NO5/c1-34-21-14-12-18(13-15-21)25-24(26(31)20-11-10-17-6-2-3-7-19(17)16-20)27(32)28(33)29(25)22-8-4-5-9-23(22)30/h2-16,25,30-31H,1H3/b26-24-. The van der Waals surface area contributed by atoms with Crippen molar-refractivity contribution in [2.45, 2.75) is 6.04 Å². The highest BCUT2D eigenvalue weighted by Gasteiger charge is 2.47. The van der Waals surface area contributed by atoms with Gasteiger partial charge in [-0.15, -0.1) is 0 Å². The molecule has 6 heteroatoms. The molecule has 2 N–H and O–H groups in total. The van der Waals surface area contributed by atoms with Crippen LogP contribution in [0.4, 0.5) is 5.69 Å². The van der Waals surface area contributed by atoms with E-state index in [1.807, 2.05) is 30.3 Å². The van der Waals surface area contributed by atoms with Crippen molar-refractivity contribution < 1.29 is 24.5 Å². The minimum atomic E-state index is -0.939. The minimum Gasteiger partial charge on any atom is -0.507 e. The van der Waals surface area contributed by atoms with Crippen LogP contribution in [0.1, 0.15) is 17.2 Å². The van der Waals surface area contributed by atoms with E-state index in [1.54, 1.807) is 61.7 Å². The molecule has 5 rings (SSSR count). The van der Waals surface area contributed by atoms with Crippen LogP contribution in [0.25, 0.3) is 16.5 Å². The zero-order valence-corrected chi connectivity index (χ0v) is 18.3. The lowest BCUT2D eigenvalue weighted by Gasteiger charge is -2.26. The van der Waals surface area contributed by atoms with E-state index >= 15 is 0 Å². The number of hydrogen-bond acceptors (Lipinski definition) is 5. The number of para-hydroxylation sites is 2. The summed E-state index contributed by atoms with van der Waals surface area (Å²) in [6.07, 6.45) is 0. The first-order valence-electron chi connectivity index (χ1n) is 10.7. The van der Waals surface area contributed by atoms with Gasteiger partial charge in [0.25, 0.3) is 11.7 Å². The van der Waals surface area contributed by atoms with Crippen molar-refractivity contribution in [3.05, 3.63) is 108 Å². The van der Waals surface area contributed by atoms with Gasteiger partial charge in [-0.2, -0.15) is 0 Å². The van der Waals surface area contributed by atoms with Crippen LogP contribution in [0, 0.1) is 0 Å².